The number of aromatic nitrogens is 4. The number of hydrogen-bond donors (Lipinski definition) is 0. The molecule has 0 saturated heterocycles. The smallest absolute Gasteiger partial charge is 0.224 e. The van der Waals surface area contributed by atoms with Crippen LogP contribution in [0.4, 0.5) is 0 Å². The van der Waals surface area contributed by atoms with E-state index in [4.69, 9.17) is 11.6 Å². The Morgan fingerprint density at radius 2 is 2.00 bits per heavy atom. The Morgan fingerprint density at radius 3 is 2.64 bits per heavy atom. The molecule has 0 N–H and O–H groups in total. The second kappa shape index (κ2) is 2.92. The van der Waals surface area contributed by atoms with Gasteiger partial charge in [0.2, 0.25) is 5.28 Å². The normalized spacial score (nSPS) is 12.3. The highest BCUT2D eigenvalue weighted by molar-refractivity contribution is 6.28. The summed E-state index contributed by atoms with van der Waals surface area (Å²) in [6, 6.07) is 0. The van der Waals surface area contributed by atoms with Crippen molar-refractivity contribution in [2.24, 2.45) is 0 Å². The van der Waals surface area contributed by atoms with Gasteiger partial charge in [0.05, 0.1) is 17.1 Å². The van der Waals surface area contributed by atoms with Crippen LogP contribution in [0.25, 0.3) is 11.0 Å². The van der Waals surface area contributed by atoms with Crippen LogP contribution >= 0.6 is 11.6 Å². The highest BCUT2D eigenvalue weighted by Gasteiger charge is 2.17. The molecule has 0 fully saturated rings. The lowest BCUT2D eigenvalue weighted by molar-refractivity contribution is 0.366. The molecule has 0 amide bonds. The average molecular weight is 211 g/mol. The molecule has 2 rings (SSSR count). The van der Waals surface area contributed by atoms with Gasteiger partial charge in [-0.1, -0.05) is 0 Å². The van der Waals surface area contributed by atoms with Crippen LogP contribution in [0.2, 0.25) is 5.28 Å². The second-order valence-electron chi connectivity index (χ2n) is 4.15. The van der Waals surface area contributed by atoms with Crippen molar-refractivity contribution in [3.8, 4) is 0 Å². The lowest BCUT2D eigenvalue weighted by atomic mass is 10.1. The molecule has 0 unspecified atom stereocenters. The van der Waals surface area contributed by atoms with Gasteiger partial charge >= 0.3 is 0 Å². The molecule has 0 aliphatic rings. The number of fused-ring (bicyclic) bond motifs is 1. The lowest BCUT2D eigenvalue weighted by Gasteiger charge is -2.19. The SMILES string of the molecule is CC(C)(C)n1ncc2cnc(Cl)nc21. The molecule has 2 heterocycles. The standard InChI is InChI=1S/C9H11ClN4/c1-9(2,3)14-7-6(5-12-14)4-11-8(10)13-7/h4-5H,1-3H3. The van der Waals surface area contributed by atoms with E-state index in [1.165, 1.54) is 0 Å². The van der Waals surface area contributed by atoms with Crippen molar-refractivity contribution in [3.63, 3.8) is 0 Å². The van der Waals surface area contributed by atoms with Gasteiger partial charge in [-0.15, -0.1) is 0 Å². The maximum atomic E-state index is 5.73. The Balaban J connectivity index is 2.73. The zero-order valence-electron chi connectivity index (χ0n) is 8.32. The first kappa shape index (κ1) is 9.40. The fourth-order valence-electron chi connectivity index (χ4n) is 1.29. The summed E-state index contributed by atoms with van der Waals surface area (Å²) in [5.41, 5.74) is 0.678. The molecule has 2 aromatic rings. The van der Waals surface area contributed by atoms with Crippen molar-refractivity contribution in [1.29, 1.82) is 0 Å². The first-order valence-electron chi connectivity index (χ1n) is 4.35. The third kappa shape index (κ3) is 1.46. The van der Waals surface area contributed by atoms with Crippen molar-refractivity contribution in [1.82, 2.24) is 19.7 Å². The van der Waals surface area contributed by atoms with Crippen LogP contribution in [0.3, 0.4) is 0 Å². The van der Waals surface area contributed by atoms with Gasteiger partial charge in [0.1, 0.15) is 0 Å². The summed E-state index contributed by atoms with van der Waals surface area (Å²) in [7, 11) is 0. The Morgan fingerprint density at radius 1 is 1.29 bits per heavy atom. The van der Waals surface area contributed by atoms with Crippen molar-refractivity contribution in [3.05, 3.63) is 17.7 Å². The van der Waals surface area contributed by atoms with Crippen LogP contribution in [0, 0.1) is 0 Å². The van der Waals surface area contributed by atoms with Gasteiger partial charge in [-0.2, -0.15) is 10.1 Å². The maximum Gasteiger partial charge on any atom is 0.224 e. The Bertz CT molecular complexity index is 469. The van der Waals surface area contributed by atoms with Gasteiger partial charge in [-0.05, 0) is 32.4 Å². The van der Waals surface area contributed by atoms with Crippen molar-refractivity contribution >= 4 is 22.6 Å². The summed E-state index contributed by atoms with van der Waals surface area (Å²) in [5, 5.41) is 5.42. The van der Waals surface area contributed by atoms with Crippen LogP contribution in [0.5, 0.6) is 0 Å². The molecule has 0 aromatic carbocycles. The zero-order valence-corrected chi connectivity index (χ0v) is 9.08. The van der Waals surface area contributed by atoms with E-state index < -0.39 is 0 Å². The summed E-state index contributed by atoms with van der Waals surface area (Å²) in [4.78, 5) is 8.06. The van der Waals surface area contributed by atoms with Crippen LogP contribution in [0.15, 0.2) is 12.4 Å². The van der Waals surface area contributed by atoms with Gasteiger partial charge in [0.15, 0.2) is 5.65 Å². The van der Waals surface area contributed by atoms with E-state index in [9.17, 15) is 0 Å². The molecule has 0 atom stereocenters. The van der Waals surface area contributed by atoms with E-state index in [0.29, 0.717) is 0 Å². The first-order chi connectivity index (χ1) is 6.48. The molecule has 74 valence electrons. The first-order valence-corrected chi connectivity index (χ1v) is 4.73. The van der Waals surface area contributed by atoms with Crippen LogP contribution in [0.1, 0.15) is 20.8 Å². The summed E-state index contributed by atoms with van der Waals surface area (Å²) in [5.74, 6) is 0. The molecule has 5 heteroatoms. The third-order valence-electron chi connectivity index (χ3n) is 1.91. The zero-order chi connectivity index (χ0) is 10.3. The summed E-state index contributed by atoms with van der Waals surface area (Å²) >= 11 is 5.73. The molecule has 14 heavy (non-hydrogen) atoms. The van der Waals surface area contributed by atoms with Gasteiger partial charge in [0, 0.05) is 6.20 Å². The number of hydrogen-bond acceptors (Lipinski definition) is 3. The molecule has 0 bridgehead atoms. The van der Waals surface area contributed by atoms with E-state index >= 15 is 0 Å². The fourth-order valence-corrected chi connectivity index (χ4v) is 1.42. The lowest BCUT2D eigenvalue weighted by Crippen LogP contribution is -2.23. The van der Waals surface area contributed by atoms with E-state index in [1.807, 2.05) is 4.68 Å². The number of nitrogens with zero attached hydrogens (tertiary/aromatic N) is 4. The van der Waals surface area contributed by atoms with Crippen LogP contribution in [-0.2, 0) is 5.54 Å². The molecular weight excluding hydrogens is 200 g/mol. The molecule has 4 nitrogen and oxygen atoms in total. The minimum absolute atomic E-state index is 0.0978. The minimum atomic E-state index is -0.0978. The van der Waals surface area contributed by atoms with Gasteiger partial charge in [-0.3, -0.25) is 0 Å². The van der Waals surface area contributed by atoms with E-state index in [-0.39, 0.29) is 10.8 Å². The van der Waals surface area contributed by atoms with Crippen molar-refractivity contribution in [2.75, 3.05) is 0 Å². The monoisotopic (exact) mass is 210 g/mol. The van der Waals surface area contributed by atoms with E-state index in [0.717, 1.165) is 11.0 Å². The Labute approximate surface area is 86.9 Å². The predicted octanol–water partition coefficient (Wildman–Crippen LogP) is 2.23. The largest absolute Gasteiger partial charge is 0.242 e. The molecule has 0 saturated carbocycles. The number of halogens is 1. The average Bonchev–Trinajstić information content (AvgIpc) is 2.45. The van der Waals surface area contributed by atoms with Gasteiger partial charge in [0.25, 0.3) is 0 Å². The van der Waals surface area contributed by atoms with Gasteiger partial charge < -0.3 is 0 Å². The van der Waals surface area contributed by atoms with Crippen molar-refractivity contribution < 1.29 is 0 Å². The molecule has 0 spiro atoms. The van der Waals surface area contributed by atoms with Crippen molar-refractivity contribution in [2.45, 2.75) is 26.3 Å². The van der Waals surface area contributed by atoms with Crippen LogP contribution < -0.4 is 0 Å². The highest BCUT2D eigenvalue weighted by atomic mass is 35.5. The molecule has 2 aromatic heterocycles. The molecular formula is C9H11ClN4. The predicted molar refractivity (Wildman–Crippen MR) is 55.3 cm³/mol. The van der Waals surface area contributed by atoms with Crippen LogP contribution in [-0.4, -0.2) is 19.7 Å². The fraction of sp³-hybridized carbons (Fsp3) is 0.444. The van der Waals surface area contributed by atoms with E-state index in [2.05, 4.69) is 35.8 Å². The Kier molecular flexibility index (Phi) is 1.96. The summed E-state index contributed by atoms with van der Waals surface area (Å²) in [6.07, 6.45) is 3.43. The Hall–Kier alpha value is -1.16. The van der Waals surface area contributed by atoms with E-state index in [1.54, 1.807) is 12.4 Å². The molecule has 0 radical (unpaired) electrons. The maximum absolute atomic E-state index is 5.73. The second-order valence-corrected chi connectivity index (χ2v) is 4.48. The summed E-state index contributed by atoms with van der Waals surface area (Å²) in [6.45, 7) is 6.19. The quantitative estimate of drug-likeness (QED) is 0.627. The third-order valence-corrected chi connectivity index (χ3v) is 2.10. The minimum Gasteiger partial charge on any atom is -0.242 e. The molecule has 0 aliphatic heterocycles. The molecule has 0 aliphatic carbocycles. The highest BCUT2D eigenvalue weighted by Crippen LogP contribution is 2.20. The number of rotatable bonds is 0. The summed E-state index contributed by atoms with van der Waals surface area (Å²) < 4.78 is 1.84. The van der Waals surface area contributed by atoms with Gasteiger partial charge in [-0.25, -0.2) is 9.67 Å². The topological polar surface area (TPSA) is 43.6 Å².